The van der Waals surface area contributed by atoms with Crippen LogP contribution >= 0.6 is 0 Å². The van der Waals surface area contributed by atoms with Crippen molar-refractivity contribution in [2.45, 2.75) is 32.7 Å². The normalized spacial score (nSPS) is 15.1. The van der Waals surface area contributed by atoms with Crippen LogP contribution in [0.25, 0.3) is 21.9 Å². The lowest BCUT2D eigenvalue weighted by atomic mass is 10.00. The van der Waals surface area contributed by atoms with Crippen LogP contribution in [-0.4, -0.2) is 52.1 Å². The molecule has 0 radical (unpaired) electrons. The fourth-order valence-corrected chi connectivity index (χ4v) is 3.91. The molecular weight excluding hydrogens is 372 g/mol. The maximum absolute atomic E-state index is 10.5. The summed E-state index contributed by atoms with van der Waals surface area (Å²) in [6.45, 7) is 5.24. The topological polar surface area (TPSA) is 98.5 Å². The average molecular weight is 398 g/mol. The first kappa shape index (κ1) is 19.4. The van der Waals surface area contributed by atoms with Gasteiger partial charge in [-0.05, 0) is 30.9 Å². The van der Waals surface area contributed by atoms with Crippen molar-refractivity contribution in [3.63, 3.8) is 0 Å². The third-order valence-corrected chi connectivity index (χ3v) is 5.37. The van der Waals surface area contributed by atoms with Crippen LogP contribution in [0.15, 0.2) is 24.4 Å². The number of aryl methyl sites for hydroxylation is 1. The molecule has 1 aliphatic heterocycles. The third kappa shape index (κ3) is 4.27. The molecule has 0 atom stereocenters. The Kier molecular flexibility index (Phi) is 5.80. The molecule has 2 aromatic heterocycles. The van der Waals surface area contributed by atoms with E-state index >= 15 is 0 Å². The molecule has 29 heavy (non-hydrogen) atoms. The van der Waals surface area contributed by atoms with Gasteiger partial charge in [0.05, 0.1) is 23.8 Å². The highest BCUT2D eigenvalue weighted by Crippen LogP contribution is 2.29. The minimum Gasteiger partial charge on any atom is -0.492 e. The SMILES string of the molecule is CCc1nc2cnc3cc(OCCNC(=O)O)ccc3c2n1CC1CCOCC1. The molecule has 3 heterocycles. The molecule has 4 rings (SSSR count). The van der Waals surface area contributed by atoms with E-state index < -0.39 is 6.09 Å². The Morgan fingerprint density at radius 3 is 2.93 bits per heavy atom. The molecule has 0 aliphatic carbocycles. The van der Waals surface area contributed by atoms with Crippen LogP contribution in [0, 0.1) is 5.92 Å². The van der Waals surface area contributed by atoms with Crippen molar-refractivity contribution in [3.05, 3.63) is 30.2 Å². The molecule has 8 heteroatoms. The van der Waals surface area contributed by atoms with Crippen LogP contribution in [-0.2, 0) is 17.7 Å². The molecule has 2 N–H and O–H groups in total. The first-order chi connectivity index (χ1) is 14.2. The number of imidazole rings is 1. The van der Waals surface area contributed by atoms with E-state index in [2.05, 4.69) is 21.8 Å². The van der Waals surface area contributed by atoms with E-state index in [1.54, 1.807) is 0 Å². The summed E-state index contributed by atoms with van der Waals surface area (Å²) in [6.07, 6.45) is 3.80. The fourth-order valence-electron chi connectivity index (χ4n) is 3.91. The number of rotatable bonds is 7. The summed E-state index contributed by atoms with van der Waals surface area (Å²) in [5, 5.41) is 12.0. The molecule has 1 fully saturated rings. The Hall–Kier alpha value is -2.87. The van der Waals surface area contributed by atoms with E-state index in [0.717, 1.165) is 66.8 Å². The summed E-state index contributed by atoms with van der Waals surface area (Å²) >= 11 is 0. The van der Waals surface area contributed by atoms with Gasteiger partial charge < -0.3 is 24.5 Å². The van der Waals surface area contributed by atoms with Gasteiger partial charge >= 0.3 is 6.09 Å². The van der Waals surface area contributed by atoms with Gasteiger partial charge in [-0.15, -0.1) is 0 Å². The summed E-state index contributed by atoms with van der Waals surface area (Å²) in [7, 11) is 0. The summed E-state index contributed by atoms with van der Waals surface area (Å²) in [4.78, 5) is 19.9. The second kappa shape index (κ2) is 8.65. The quantitative estimate of drug-likeness (QED) is 0.593. The predicted molar refractivity (Wildman–Crippen MR) is 109 cm³/mol. The average Bonchev–Trinajstić information content (AvgIpc) is 3.09. The van der Waals surface area contributed by atoms with Gasteiger partial charge in [-0.1, -0.05) is 6.92 Å². The first-order valence-electron chi connectivity index (χ1n) is 10.1. The number of carbonyl (C=O) groups is 1. The minimum absolute atomic E-state index is 0.234. The molecule has 1 saturated heterocycles. The van der Waals surface area contributed by atoms with Gasteiger partial charge in [0.2, 0.25) is 0 Å². The Morgan fingerprint density at radius 1 is 1.34 bits per heavy atom. The minimum atomic E-state index is -1.05. The van der Waals surface area contributed by atoms with Gasteiger partial charge in [0, 0.05) is 37.6 Å². The third-order valence-electron chi connectivity index (χ3n) is 5.37. The second-order valence-electron chi connectivity index (χ2n) is 7.30. The maximum atomic E-state index is 10.5. The van der Waals surface area contributed by atoms with Crippen molar-refractivity contribution in [1.82, 2.24) is 19.9 Å². The number of pyridine rings is 1. The standard InChI is InChI=1S/C21H26N4O4/c1-2-19-24-18-12-23-17-11-15(29-10-7-22-21(26)27)3-4-16(17)20(18)25(19)13-14-5-8-28-9-6-14/h3-4,11-12,14,22H,2,5-10,13H2,1H3,(H,26,27). The van der Waals surface area contributed by atoms with Crippen molar-refractivity contribution in [1.29, 1.82) is 0 Å². The van der Waals surface area contributed by atoms with Crippen molar-refractivity contribution in [3.8, 4) is 5.75 Å². The van der Waals surface area contributed by atoms with Crippen molar-refractivity contribution in [2.75, 3.05) is 26.4 Å². The Bertz CT molecular complexity index is 1010. The number of fused-ring (bicyclic) bond motifs is 3. The summed E-state index contributed by atoms with van der Waals surface area (Å²) < 4.78 is 13.5. The molecule has 1 amide bonds. The number of nitrogens with one attached hydrogen (secondary N) is 1. The lowest BCUT2D eigenvalue weighted by molar-refractivity contribution is 0.0614. The van der Waals surface area contributed by atoms with Gasteiger partial charge in [-0.2, -0.15) is 0 Å². The van der Waals surface area contributed by atoms with Gasteiger partial charge in [-0.3, -0.25) is 4.98 Å². The van der Waals surface area contributed by atoms with E-state index in [-0.39, 0.29) is 13.2 Å². The molecule has 1 aliphatic rings. The largest absolute Gasteiger partial charge is 0.492 e. The number of hydrogen-bond donors (Lipinski definition) is 2. The number of aromatic nitrogens is 3. The molecular formula is C21H26N4O4. The molecule has 0 saturated carbocycles. The van der Waals surface area contributed by atoms with Crippen molar-refractivity contribution in [2.24, 2.45) is 5.92 Å². The lowest BCUT2D eigenvalue weighted by Crippen LogP contribution is -2.26. The predicted octanol–water partition coefficient (Wildman–Crippen LogP) is 3.22. The number of benzene rings is 1. The van der Waals surface area contributed by atoms with Crippen LogP contribution < -0.4 is 10.1 Å². The van der Waals surface area contributed by atoms with E-state index in [1.807, 2.05) is 24.4 Å². The first-order valence-corrected chi connectivity index (χ1v) is 10.1. The zero-order valence-electron chi connectivity index (χ0n) is 16.6. The lowest BCUT2D eigenvalue weighted by Gasteiger charge is -2.23. The second-order valence-corrected chi connectivity index (χ2v) is 7.30. The summed E-state index contributed by atoms with van der Waals surface area (Å²) in [5.74, 6) is 2.35. The van der Waals surface area contributed by atoms with Crippen LogP contribution in [0.4, 0.5) is 4.79 Å². The molecule has 1 aromatic carbocycles. The Morgan fingerprint density at radius 2 is 2.17 bits per heavy atom. The van der Waals surface area contributed by atoms with Gasteiger partial charge in [0.1, 0.15) is 23.7 Å². The zero-order valence-corrected chi connectivity index (χ0v) is 16.6. The van der Waals surface area contributed by atoms with E-state index in [1.165, 1.54) is 0 Å². The van der Waals surface area contributed by atoms with E-state index in [4.69, 9.17) is 19.6 Å². The van der Waals surface area contributed by atoms with E-state index in [9.17, 15) is 4.79 Å². The molecule has 8 nitrogen and oxygen atoms in total. The van der Waals surface area contributed by atoms with Gasteiger partial charge in [0.25, 0.3) is 0 Å². The van der Waals surface area contributed by atoms with Crippen molar-refractivity contribution >= 4 is 28.0 Å². The molecule has 0 bridgehead atoms. The van der Waals surface area contributed by atoms with Crippen LogP contribution in [0.3, 0.4) is 0 Å². The molecule has 154 valence electrons. The fraction of sp³-hybridized carbons (Fsp3) is 0.476. The number of hydrogen-bond acceptors (Lipinski definition) is 5. The summed E-state index contributed by atoms with van der Waals surface area (Å²) in [6, 6.07) is 5.82. The summed E-state index contributed by atoms with van der Waals surface area (Å²) in [5.41, 5.74) is 2.88. The molecule has 0 spiro atoms. The highest BCUT2D eigenvalue weighted by Gasteiger charge is 2.19. The number of nitrogens with zero attached hydrogens (tertiary/aromatic N) is 3. The van der Waals surface area contributed by atoms with Gasteiger partial charge in [-0.25, -0.2) is 9.78 Å². The number of ether oxygens (including phenoxy) is 2. The van der Waals surface area contributed by atoms with Crippen LogP contribution in [0.2, 0.25) is 0 Å². The zero-order chi connectivity index (χ0) is 20.2. The monoisotopic (exact) mass is 398 g/mol. The molecule has 0 unspecified atom stereocenters. The Balaban J connectivity index is 1.64. The smallest absolute Gasteiger partial charge is 0.404 e. The van der Waals surface area contributed by atoms with Crippen molar-refractivity contribution < 1.29 is 19.4 Å². The van der Waals surface area contributed by atoms with Crippen LogP contribution in [0.5, 0.6) is 5.75 Å². The highest BCUT2D eigenvalue weighted by molar-refractivity contribution is 6.02. The van der Waals surface area contributed by atoms with Gasteiger partial charge in [0.15, 0.2) is 0 Å². The maximum Gasteiger partial charge on any atom is 0.404 e. The molecule has 3 aromatic rings. The van der Waals surface area contributed by atoms with E-state index in [0.29, 0.717) is 11.7 Å². The highest BCUT2D eigenvalue weighted by atomic mass is 16.5. The number of carboxylic acid groups (broad SMARTS) is 1. The number of amides is 1. The Labute approximate surface area is 168 Å². The van der Waals surface area contributed by atoms with Crippen LogP contribution in [0.1, 0.15) is 25.6 Å².